The molecular weight excluding hydrogens is 292 g/mol. The highest BCUT2D eigenvalue weighted by Crippen LogP contribution is 2.20. The zero-order valence-electron chi connectivity index (χ0n) is 13.8. The summed E-state index contributed by atoms with van der Waals surface area (Å²) in [5.41, 5.74) is 7.67. The Morgan fingerprint density at radius 3 is 2.52 bits per heavy atom. The summed E-state index contributed by atoms with van der Waals surface area (Å²) >= 11 is 0. The van der Waals surface area contributed by atoms with Crippen molar-refractivity contribution in [2.45, 2.75) is 39.2 Å². The highest BCUT2D eigenvalue weighted by Gasteiger charge is 2.16. The number of aromatic hydroxyl groups is 1. The van der Waals surface area contributed by atoms with E-state index in [0.29, 0.717) is 18.9 Å². The highest BCUT2D eigenvalue weighted by atomic mass is 16.3. The molecule has 0 fully saturated rings. The number of rotatable bonds is 6. The topological polar surface area (TPSA) is 93.2 Å². The largest absolute Gasteiger partial charge is 0.504 e. The van der Waals surface area contributed by atoms with Gasteiger partial charge in [0.05, 0.1) is 11.9 Å². The van der Waals surface area contributed by atoms with E-state index in [1.54, 1.807) is 0 Å². The van der Waals surface area contributed by atoms with Gasteiger partial charge in [0.15, 0.2) is 11.4 Å². The van der Waals surface area contributed by atoms with Gasteiger partial charge in [0.1, 0.15) is 0 Å². The van der Waals surface area contributed by atoms with Gasteiger partial charge in [-0.15, -0.1) is 0 Å². The third-order valence-electron chi connectivity index (χ3n) is 3.62. The van der Waals surface area contributed by atoms with Crippen LogP contribution < -0.4 is 11.1 Å². The molecule has 0 bridgehead atoms. The van der Waals surface area contributed by atoms with Gasteiger partial charge < -0.3 is 16.2 Å². The lowest BCUT2D eigenvalue weighted by atomic mass is 10.0. The van der Waals surface area contributed by atoms with E-state index in [1.165, 1.54) is 16.4 Å². The smallest absolute Gasteiger partial charge is 0.275 e. The average molecular weight is 316 g/mol. The van der Waals surface area contributed by atoms with Crippen LogP contribution in [0.1, 0.15) is 49.2 Å². The maximum absolute atomic E-state index is 12.0. The molecule has 2 aromatic rings. The van der Waals surface area contributed by atoms with Crippen LogP contribution in [0.25, 0.3) is 5.69 Å². The minimum Gasteiger partial charge on any atom is -0.504 e. The summed E-state index contributed by atoms with van der Waals surface area (Å²) in [4.78, 5) is 12.0. The van der Waals surface area contributed by atoms with Gasteiger partial charge in [-0.2, -0.15) is 5.10 Å². The van der Waals surface area contributed by atoms with Crippen molar-refractivity contribution in [3.8, 4) is 11.4 Å². The first-order valence-electron chi connectivity index (χ1n) is 7.81. The van der Waals surface area contributed by atoms with Crippen LogP contribution in [0, 0.1) is 0 Å². The molecule has 0 saturated carbocycles. The fraction of sp³-hybridized carbons (Fsp3) is 0.412. The summed E-state index contributed by atoms with van der Waals surface area (Å²) < 4.78 is 1.50. The Labute approximate surface area is 136 Å². The van der Waals surface area contributed by atoms with E-state index in [4.69, 9.17) is 5.73 Å². The minimum atomic E-state index is -0.402. The summed E-state index contributed by atoms with van der Waals surface area (Å²) in [6.07, 6.45) is 2.11. The first kappa shape index (κ1) is 17.0. The molecule has 2 rings (SSSR count). The lowest BCUT2D eigenvalue weighted by molar-refractivity contribution is 0.0945. The predicted molar refractivity (Wildman–Crippen MR) is 89.9 cm³/mol. The summed E-state index contributed by atoms with van der Waals surface area (Å²) in [7, 11) is 0. The fourth-order valence-corrected chi connectivity index (χ4v) is 2.17. The zero-order valence-corrected chi connectivity index (χ0v) is 13.8. The van der Waals surface area contributed by atoms with Crippen LogP contribution in [0.4, 0.5) is 0 Å². The van der Waals surface area contributed by atoms with Gasteiger partial charge in [0.2, 0.25) is 0 Å². The van der Waals surface area contributed by atoms with Crippen molar-refractivity contribution < 1.29 is 9.90 Å². The van der Waals surface area contributed by atoms with Crippen molar-refractivity contribution in [2.24, 2.45) is 5.73 Å². The Balaban J connectivity index is 2.12. The molecular formula is C17H24N4O2. The van der Waals surface area contributed by atoms with Gasteiger partial charge in [0.25, 0.3) is 5.91 Å². The molecule has 1 unspecified atom stereocenters. The molecule has 0 saturated heterocycles. The molecule has 4 N–H and O–H groups in total. The third-order valence-corrected chi connectivity index (χ3v) is 3.62. The molecule has 6 nitrogen and oxygen atoms in total. The lowest BCUT2D eigenvalue weighted by Gasteiger charge is -2.07. The average Bonchev–Trinajstić information content (AvgIpc) is 2.89. The number of nitrogens with zero attached hydrogens (tertiary/aromatic N) is 2. The van der Waals surface area contributed by atoms with E-state index < -0.39 is 5.91 Å². The van der Waals surface area contributed by atoms with Crippen LogP contribution in [-0.4, -0.2) is 33.4 Å². The van der Waals surface area contributed by atoms with E-state index in [-0.39, 0.29) is 17.5 Å². The van der Waals surface area contributed by atoms with E-state index >= 15 is 0 Å². The van der Waals surface area contributed by atoms with Gasteiger partial charge in [-0.3, -0.25) is 4.79 Å². The van der Waals surface area contributed by atoms with E-state index in [9.17, 15) is 9.90 Å². The maximum atomic E-state index is 12.0. The van der Waals surface area contributed by atoms with Crippen LogP contribution >= 0.6 is 0 Å². The predicted octanol–water partition coefficient (Wildman–Crippen LogP) is 2.17. The van der Waals surface area contributed by atoms with E-state index in [1.807, 2.05) is 31.2 Å². The second-order valence-corrected chi connectivity index (χ2v) is 6.08. The van der Waals surface area contributed by atoms with Crippen molar-refractivity contribution in [1.82, 2.24) is 15.1 Å². The molecule has 23 heavy (non-hydrogen) atoms. The molecule has 0 aliphatic rings. The van der Waals surface area contributed by atoms with Crippen LogP contribution in [0.3, 0.4) is 0 Å². The van der Waals surface area contributed by atoms with Crippen LogP contribution in [0.2, 0.25) is 0 Å². The molecule has 1 atom stereocenters. The van der Waals surface area contributed by atoms with Gasteiger partial charge in [-0.05, 0) is 37.0 Å². The maximum Gasteiger partial charge on any atom is 0.275 e. The Morgan fingerprint density at radius 2 is 1.96 bits per heavy atom. The number of carbonyl (C=O) groups is 1. The second-order valence-electron chi connectivity index (χ2n) is 6.08. The number of benzene rings is 1. The molecule has 0 aliphatic heterocycles. The summed E-state index contributed by atoms with van der Waals surface area (Å²) in [6.45, 7) is 6.57. The normalized spacial score (nSPS) is 12.4. The van der Waals surface area contributed by atoms with Crippen molar-refractivity contribution in [3.63, 3.8) is 0 Å². The van der Waals surface area contributed by atoms with Gasteiger partial charge in [-0.1, -0.05) is 26.0 Å². The van der Waals surface area contributed by atoms with E-state index in [0.717, 1.165) is 5.69 Å². The van der Waals surface area contributed by atoms with E-state index in [2.05, 4.69) is 24.3 Å². The number of carbonyl (C=O) groups excluding carboxylic acids is 1. The number of hydrogen-bond donors (Lipinski definition) is 3. The highest BCUT2D eigenvalue weighted by molar-refractivity contribution is 5.94. The van der Waals surface area contributed by atoms with Crippen molar-refractivity contribution in [2.75, 3.05) is 6.54 Å². The number of amides is 1. The monoisotopic (exact) mass is 316 g/mol. The first-order chi connectivity index (χ1) is 10.9. The van der Waals surface area contributed by atoms with Crippen molar-refractivity contribution >= 4 is 5.91 Å². The quantitative estimate of drug-likeness (QED) is 0.761. The SMILES string of the molecule is CC(N)CCNC(=O)c1nn(-c2ccc(C(C)C)cc2)cc1O. The van der Waals surface area contributed by atoms with Crippen LogP contribution in [0.15, 0.2) is 30.5 Å². The van der Waals surface area contributed by atoms with Crippen LogP contribution in [-0.2, 0) is 0 Å². The molecule has 0 radical (unpaired) electrons. The third kappa shape index (κ3) is 4.32. The first-order valence-corrected chi connectivity index (χ1v) is 7.81. The van der Waals surface area contributed by atoms with Crippen molar-refractivity contribution in [3.05, 3.63) is 41.7 Å². The molecule has 0 aliphatic carbocycles. The minimum absolute atomic E-state index is 0.0147. The van der Waals surface area contributed by atoms with Gasteiger partial charge in [-0.25, -0.2) is 4.68 Å². The Bertz CT molecular complexity index is 660. The second kappa shape index (κ2) is 7.28. The standard InChI is InChI=1S/C17H24N4O2/c1-11(2)13-4-6-14(7-5-13)21-10-15(22)16(20-21)17(23)19-9-8-12(3)18/h4-7,10-12,22H,8-9,18H2,1-3H3,(H,19,23). The number of aromatic nitrogens is 2. The van der Waals surface area contributed by atoms with Gasteiger partial charge >= 0.3 is 0 Å². The van der Waals surface area contributed by atoms with Gasteiger partial charge in [0, 0.05) is 12.6 Å². The molecule has 0 spiro atoms. The molecule has 1 aromatic carbocycles. The number of nitrogens with two attached hydrogens (primary N) is 1. The molecule has 1 amide bonds. The molecule has 6 heteroatoms. The number of nitrogens with one attached hydrogen (secondary N) is 1. The molecule has 1 heterocycles. The lowest BCUT2D eigenvalue weighted by Crippen LogP contribution is -2.29. The summed E-state index contributed by atoms with van der Waals surface area (Å²) in [6, 6.07) is 7.88. The Morgan fingerprint density at radius 1 is 1.30 bits per heavy atom. The summed E-state index contributed by atoms with van der Waals surface area (Å²) in [5.74, 6) is -0.0988. The van der Waals surface area contributed by atoms with Crippen molar-refractivity contribution in [1.29, 1.82) is 0 Å². The Hall–Kier alpha value is -2.34. The fourth-order valence-electron chi connectivity index (χ4n) is 2.17. The van der Waals surface area contributed by atoms with Crippen LogP contribution in [0.5, 0.6) is 5.75 Å². The summed E-state index contributed by atoms with van der Waals surface area (Å²) in [5, 5.41) is 16.8. The molecule has 1 aromatic heterocycles. The number of hydrogen-bond acceptors (Lipinski definition) is 4. The Kier molecular flexibility index (Phi) is 5.39. The molecule has 124 valence electrons. The zero-order chi connectivity index (χ0) is 17.0.